The Morgan fingerprint density at radius 1 is 0.380 bits per heavy atom. The predicted molar refractivity (Wildman–Crippen MR) is 380 cm³/mol. The minimum absolute atomic E-state index is 0.133. The highest BCUT2D eigenvalue weighted by atomic mass is 16.5. The van der Waals surface area contributed by atoms with Crippen LogP contribution < -0.4 is 19.4 Å². The van der Waals surface area contributed by atoms with Gasteiger partial charge in [-0.25, -0.2) is 19.9 Å². The van der Waals surface area contributed by atoms with E-state index in [1.165, 1.54) is 27.8 Å². The van der Waals surface area contributed by atoms with Gasteiger partial charge in [0.2, 0.25) is 5.88 Å². The molecule has 0 aliphatic carbocycles. The summed E-state index contributed by atoms with van der Waals surface area (Å²) in [7, 11) is 12.7. The third kappa shape index (κ3) is 23.1. The summed E-state index contributed by atoms with van der Waals surface area (Å²) in [6, 6.07) is 26.9. The summed E-state index contributed by atoms with van der Waals surface area (Å²) in [5.41, 5.74) is 14.6. The van der Waals surface area contributed by atoms with Crippen LogP contribution in [0.1, 0.15) is 123 Å². The van der Waals surface area contributed by atoms with E-state index in [0.29, 0.717) is 11.8 Å². The Balaban J connectivity index is 0.000000195. The van der Waals surface area contributed by atoms with E-state index in [-0.39, 0.29) is 6.10 Å². The van der Waals surface area contributed by atoms with Gasteiger partial charge in [0.15, 0.2) is 0 Å². The highest BCUT2D eigenvalue weighted by Crippen LogP contribution is 2.28. The van der Waals surface area contributed by atoms with Gasteiger partial charge in [0.05, 0.1) is 53.7 Å². The Bertz CT molecular complexity index is 3390. The first kappa shape index (κ1) is 72.8. The maximum Gasteiger partial charge on any atom is 0.213 e. The molecule has 0 aliphatic heterocycles. The third-order valence-electron chi connectivity index (χ3n) is 15.3. The van der Waals surface area contributed by atoms with Crippen LogP contribution >= 0.6 is 0 Å². The zero-order valence-electron chi connectivity index (χ0n) is 58.2. The Kier molecular flexibility index (Phi) is 30.5. The minimum Gasteiger partial charge on any atom is -0.475 e. The number of hydrogen-bond acceptors (Lipinski definition) is 16. The monoisotopic (exact) mass is 1250 g/mol. The van der Waals surface area contributed by atoms with Crippen LogP contribution in [0.2, 0.25) is 0 Å². The first-order chi connectivity index (χ1) is 44.5. The molecular weight excluding hydrogens is 1150 g/mol. The lowest BCUT2D eigenvalue weighted by Crippen LogP contribution is -2.23. The van der Waals surface area contributed by atoms with Crippen molar-refractivity contribution in [3.8, 4) is 50.9 Å². The zero-order chi connectivity index (χ0) is 66.4. The quantitative estimate of drug-likeness (QED) is 0.0320. The van der Waals surface area contributed by atoms with Crippen LogP contribution in [-0.2, 0) is 32.7 Å². The van der Waals surface area contributed by atoms with E-state index in [2.05, 4.69) is 253 Å². The summed E-state index contributed by atoms with van der Waals surface area (Å²) in [5, 5.41) is 29.3. The molecule has 0 aliphatic rings. The summed E-state index contributed by atoms with van der Waals surface area (Å²) < 4.78 is 5.57. The molecule has 9 aromatic rings. The van der Waals surface area contributed by atoms with E-state index in [1.54, 1.807) is 0 Å². The van der Waals surface area contributed by atoms with E-state index in [4.69, 9.17) is 4.74 Å². The fraction of sp³-hybridized carbons (Fsp3) is 0.472. The lowest BCUT2D eigenvalue weighted by molar-refractivity contribution is 0.232. The molecule has 1 aromatic carbocycles. The Morgan fingerprint density at radius 3 is 1.03 bits per heavy atom. The largest absolute Gasteiger partial charge is 0.475 e. The average Bonchev–Trinajstić information content (AvgIpc) is 1.69. The van der Waals surface area contributed by atoms with Crippen LogP contribution in [0.3, 0.4) is 0 Å². The van der Waals surface area contributed by atoms with Gasteiger partial charge in [-0.05, 0) is 162 Å². The van der Waals surface area contributed by atoms with E-state index >= 15 is 0 Å². The molecule has 0 atom stereocenters. The molecule has 4 N–H and O–H groups in total. The van der Waals surface area contributed by atoms with Crippen molar-refractivity contribution in [2.24, 2.45) is 5.92 Å². The minimum atomic E-state index is 0.133. The molecule has 0 saturated carbocycles. The summed E-state index contributed by atoms with van der Waals surface area (Å²) in [5.74, 6) is 4.26. The lowest BCUT2D eigenvalue weighted by Gasteiger charge is -2.20. The second-order valence-electron chi connectivity index (χ2n) is 24.6. The number of pyridine rings is 4. The molecular formula is C72H107N19O. The van der Waals surface area contributed by atoms with E-state index in [9.17, 15) is 0 Å². The molecule has 0 saturated heterocycles. The Labute approximate surface area is 549 Å². The van der Waals surface area contributed by atoms with Gasteiger partial charge < -0.3 is 39.0 Å². The average molecular weight is 1250 g/mol. The van der Waals surface area contributed by atoms with Crippen molar-refractivity contribution in [3.05, 3.63) is 156 Å². The van der Waals surface area contributed by atoms with Crippen molar-refractivity contribution in [1.29, 1.82) is 0 Å². The van der Waals surface area contributed by atoms with Crippen molar-refractivity contribution in [3.63, 3.8) is 0 Å². The first-order valence-electron chi connectivity index (χ1n) is 33.0. The van der Waals surface area contributed by atoms with Crippen molar-refractivity contribution >= 4 is 17.5 Å². The molecule has 0 fully saturated rings. The van der Waals surface area contributed by atoms with E-state index in [1.807, 2.05) is 81.6 Å². The summed E-state index contributed by atoms with van der Waals surface area (Å²) in [6.45, 7) is 33.2. The van der Waals surface area contributed by atoms with E-state index in [0.717, 1.165) is 167 Å². The number of rotatable bonds is 31. The highest BCUT2D eigenvalue weighted by Gasteiger charge is 2.16. The Hall–Kier alpha value is -8.30. The Morgan fingerprint density at radius 2 is 0.728 bits per heavy atom. The van der Waals surface area contributed by atoms with Crippen molar-refractivity contribution in [2.45, 2.75) is 134 Å². The molecule has 0 unspecified atom stereocenters. The SMILES string of the molecule is CCCN(C)Cc1cn[nH]c1-c1ccc(N(C)CC(C)C)nc1.CCCN(C)Cc1cn[nH]c1-c1ccc(N(C)Cc2ccccc2)nc1.CCCN(C)Cc1cn[nH]c1-c1ccc(N(CC)CC)nc1.CCCN(C)Cc1cn[nH]c1-c1ccc(OC(C)C)nc1. The number of ether oxygens (including phenoxy) is 1. The first-order valence-corrected chi connectivity index (χ1v) is 33.0. The highest BCUT2D eigenvalue weighted by molar-refractivity contribution is 5.66. The number of benzene rings is 1. The van der Waals surface area contributed by atoms with Gasteiger partial charge in [-0.2, -0.15) is 20.4 Å². The van der Waals surface area contributed by atoms with Crippen LogP contribution in [0.4, 0.5) is 17.5 Å². The number of hydrogen-bond donors (Lipinski definition) is 4. The van der Waals surface area contributed by atoms with Gasteiger partial charge in [0, 0.05) is 142 Å². The van der Waals surface area contributed by atoms with Crippen LogP contribution in [0.15, 0.2) is 128 Å². The number of anilines is 3. The smallest absolute Gasteiger partial charge is 0.213 e. The normalized spacial score (nSPS) is 11.2. The van der Waals surface area contributed by atoms with Crippen LogP contribution in [0.5, 0.6) is 5.88 Å². The van der Waals surface area contributed by atoms with Crippen molar-refractivity contribution in [2.75, 3.05) is 103 Å². The fourth-order valence-corrected chi connectivity index (χ4v) is 10.9. The van der Waals surface area contributed by atoms with Gasteiger partial charge in [-0.15, -0.1) is 0 Å². The number of aromatic amines is 4. The maximum atomic E-state index is 5.57. The number of H-pyrrole nitrogens is 4. The maximum absolute atomic E-state index is 5.57. The van der Waals surface area contributed by atoms with Gasteiger partial charge in [-0.3, -0.25) is 20.4 Å². The predicted octanol–water partition coefficient (Wildman–Crippen LogP) is 13.6. The number of nitrogens with zero attached hydrogens (tertiary/aromatic N) is 15. The molecule has 496 valence electrons. The number of nitrogens with one attached hydrogen (secondary N) is 4. The molecule has 8 aromatic heterocycles. The molecule has 20 heteroatoms. The topological polar surface area (TPSA) is 198 Å². The summed E-state index contributed by atoms with van der Waals surface area (Å²) >= 11 is 0. The lowest BCUT2D eigenvalue weighted by atomic mass is 10.1. The summed E-state index contributed by atoms with van der Waals surface area (Å²) in [6.07, 6.45) is 20.0. The standard InChI is InChI=1S/C21H27N5.C18H29N5.C17H27N5.C16H24N4O/c1-4-12-25(2)16-19-14-23-24-21(19)18-10-11-20(22-13-18)26(3)15-17-8-6-5-7-9-17;1-6-9-22(4)13-16-11-20-21-18(16)15-7-8-17(19-10-15)23(5)12-14(2)3;1-5-10-21(4)13-15-12-19-20-17(15)14-8-9-16(18-11-14)22(6-2)7-3;1-5-8-20(4)11-14-10-18-19-16(14)13-6-7-15(17-9-13)21-12(2)3/h5-11,13-14H,4,12,15-16H2,1-3H3,(H,23,24);7-8,10-11,14H,6,9,12-13H2,1-5H3,(H,20,21);8-9,11-12H,5-7,10,13H2,1-4H3,(H,19,20);6-7,9-10,12H,5,8,11H2,1-4H3,(H,18,19). The van der Waals surface area contributed by atoms with Crippen LogP contribution in [-0.4, -0.2) is 175 Å². The molecule has 0 amide bonds. The van der Waals surface area contributed by atoms with Gasteiger partial charge in [0.25, 0.3) is 0 Å². The fourth-order valence-electron chi connectivity index (χ4n) is 10.9. The van der Waals surface area contributed by atoms with Crippen molar-refractivity contribution in [1.82, 2.24) is 80.3 Å². The molecule has 20 nitrogen and oxygen atoms in total. The molecule has 9 rings (SSSR count). The van der Waals surface area contributed by atoms with E-state index < -0.39 is 0 Å². The zero-order valence-corrected chi connectivity index (χ0v) is 58.2. The van der Waals surface area contributed by atoms with Gasteiger partial charge in [0.1, 0.15) is 17.5 Å². The van der Waals surface area contributed by atoms with Gasteiger partial charge >= 0.3 is 0 Å². The second kappa shape index (κ2) is 38.5. The van der Waals surface area contributed by atoms with Gasteiger partial charge in [-0.1, -0.05) is 71.9 Å². The molecule has 92 heavy (non-hydrogen) atoms. The van der Waals surface area contributed by atoms with Crippen molar-refractivity contribution < 1.29 is 4.74 Å². The molecule has 8 heterocycles. The molecule has 0 bridgehead atoms. The summed E-state index contributed by atoms with van der Waals surface area (Å²) in [4.78, 5) is 34.0. The molecule has 0 spiro atoms. The van der Waals surface area contributed by atoms with Crippen LogP contribution in [0, 0.1) is 5.92 Å². The second-order valence-corrected chi connectivity index (χ2v) is 24.6. The molecule has 0 radical (unpaired) electrons. The number of aromatic nitrogens is 12. The van der Waals surface area contributed by atoms with Crippen LogP contribution in [0.25, 0.3) is 45.0 Å². The third-order valence-corrected chi connectivity index (χ3v) is 15.3.